The molecule has 32 heavy (non-hydrogen) atoms. The molecule has 7 nitrogen and oxygen atoms in total. The molecule has 2 unspecified atom stereocenters. The molecule has 0 aliphatic carbocycles. The topological polar surface area (TPSA) is 86.8 Å². The van der Waals surface area contributed by atoms with E-state index in [1.165, 1.54) is 11.3 Å². The van der Waals surface area contributed by atoms with Crippen molar-refractivity contribution < 1.29 is 18.0 Å². The number of piperidine rings is 2. The largest absolute Gasteiger partial charge is 0.337 e. The number of anilines is 1. The van der Waals surface area contributed by atoms with Gasteiger partial charge < -0.3 is 10.2 Å². The molecule has 2 saturated heterocycles. The maximum atomic E-state index is 12.9. The third kappa shape index (κ3) is 5.05. The van der Waals surface area contributed by atoms with E-state index < -0.39 is 10.0 Å². The molecule has 1 aromatic carbocycles. The summed E-state index contributed by atoms with van der Waals surface area (Å²) in [6.45, 7) is 4.21. The van der Waals surface area contributed by atoms with Crippen molar-refractivity contribution in [2.75, 3.05) is 31.5 Å². The highest BCUT2D eigenvalue weighted by Gasteiger charge is 2.30. The van der Waals surface area contributed by atoms with Crippen molar-refractivity contribution in [3.8, 4) is 0 Å². The summed E-state index contributed by atoms with van der Waals surface area (Å²) in [5.41, 5.74) is 0.558. The molecule has 0 bridgehead atoms. The van der Waals surface area contributed by atoms with Crippen LogP contribution in [-0.2, 0) is 14.8 Å². The van der Waals surface area contributed by atoms with Crippen LogP contribution in [0.2, 0.25) is 0 Å². The Bertz CT molecular complexity index is 1050. The van der Waals surface area contributed by atoms with E-state index in [2.05, 4.69) is 12.2 Å². The quantitative estimate of drug-likeness (QED) is 0.715. The van der Waals surface area contributed by atoms with E-state index >= 15 is 0 Å². The lowest BCUT2D eigenvalue weighted by atomic mass is 9.97. The predicted octanol–water partition coefficient (Wildman–Crippen LogP) is 3.66. The average molecular weight is 476 g/mol. The fraction of sp³-hybridized carbons (Fsp3) is 0.478. The Balaban J connectivity index is 1.38. The van der Waals surface area contributed by atoms with Gasteiger partial charge in [-0.25, -0.2) is 8.42 Å². The lowest BCUT2D eigenvalue weighted by molar-refractivity contribution is -0.121. The molecule has 3 heterocycles. The van der Waals surface area contributed by atoms with Crippen molar-refractivity contribution >= 4 is 38.9 Å². The molecule has 4 rings (SSSR count). The third-order valence-electron chi connectivity index (χ3n) is 6.19. The number of nitrogens with zero attached hydrogens (tertiary/aromatic N) is 2. The number of sulfonamides is 1. The molecule has 2 amide bonds. The number of likely N-dealkylation sites (tertiary alicyclic amines) is 1. The van der Waals surface area contributed by atoms with Gasteiger partial charge in [0.2, 0.25) is 15.9 Å². The monoisotopic (exact) mass is 475 g/mol. The van der Waals surface area contributed by atoms with Crippen molar-refractivity contribution in [1.82, 2.24) is 9.21 Å². The standard InChI is InChI=1S/C23H29N3O4S2/c1-17-5-2-13-26(15-17)32(29,30)20-10-8-19(9-11-20)24-22(27)18-6-3-12-25(16-18)23(28)21-7-4-14-31-21/h4,7-11,14,17-18H,2-3,5-6,12-13,15-16H2,1H3,(H,24,27). The minimum atomic E-state index is -3.52. The van der Waals surface area contributed by atoms with Crippen LogP contribution in [0, 0.1) is 11.8 Å². The van der Waals surface area contributed by atoms with Gasteiger partial charge in [0.1, 0.15) is 0 Å². The Kier molecular flexibility index (Phi) is 6.97. The summed E-state index contributed by atoms with van der Waals surface area (Å²) >= 11 is 1.41. The van der Waals surface area contributed by atoms with Gasteiger partial charge in [-0.05, 0) is 67.3 Å². The summed E-state index contributed by atoms with van der Waals surface area (Å²) < 4.78 is 27.4. The van der Waals surface area contributed by atoms with Crippen molar-refractivity contribution in [2.24, 2.45) is 11.8 Å². The first-order valence-corrected chi connectivity index (χ1v) is 13.4. The minimum Gasteiger partial charge on any atom is -0.337 e. The second-order valence-electron chi connectivity index (χ2n) is 8.69. The Morgan fingerprint density at radius 2 is 1.78 bits per heavy atom. The van der Waals surface area contributed by atoms with E-state index in [-0.39, 0.29) is 22.6 Å². The number of rotatable bonds is 5. The van der Waals surface area contributed by atoms with Crippen LogP contribution in [0.25, 0.3) is 0 Å². The third-order valence-corrected chi connectivity index (χ3v) is 8.93. The van der Waals surface area contributed by atoms with Gasteiger partial charge in [0, 0.05) is 31.9 Å². The van der Waals surface area contributed by atoms with E-state index in [0.717, 1.165) is 25.7 Å². The first-order chi connectivity index (χ1) is 15.3. The fourth-order valence-corrected chi connectivity index (χ4v) is 6.69. The number of amides is 2. The minimum absolute atomic E-state index is 0.0286. The van der Waals surface area contributed by atoms with Crippen LogP contribution in [0.1, 0.15) is 42.3 Å². The van der Waals surface area contributed by atoms with Crippen LogP contribution in [0.15, 0.2) is 46.7 Å². The van der Waals surface area contributed by atoms with Crippen LogP contribution in [0.5, 0.6) is 0 Å². The lowest BCUT2D eigenvalue weighted by Crippen LogP contribution is -2.43. The van der Waals surface area contributed by atoms with Gasteiger partial charge in [0.25, 0.3) is 5.91 Å². The highest BCUT2D eigenvalue weighted by atomic mass is 32.2. The number of hydrogen-bond acceptors (Lipinski definition) is 5. The van der Waals surface area contributed by atoms with Crippen molar-refractivity contribution in [2.45, 2.75) is 37.5 Å². The van der Waals surface area contributed by atoms with Crippen LogP contribution in [0.4, 0.5) is 5.69 Å². The number of benzene rings is 1. The highest BCUT2D eigenvalue weighted by Crippen LogP contribution is 2.25. The fourth-order valence-electron chi connectivity index (χ4n) is 4.40. The van der Waals surface area contributed by atoms with E-state index in [4.69, 9.17) is 0 Å². The molecule has 172 valence electrons. The molecule has 1 N–H and O–H groups in total. The molecule has 1 aromatic heterocycles. The van der Waals surface area contributed by atoms with Crippen LogP contribution < -0.4 is 5.32 Å². The predicted molar refractivity (Wildman–Crippen MR) is 125 cm³/mol. The van der Waals surface area contributed by atoms with Crippen LogP contribution in [-0.4, -0.2) is 55.6 Å². The van der Waals surface area contributed by atoms with Gasteiger partial charge in [-0.3, -0.25) is 9.59 Å². The zero-order chi connectivity index (χ0) is 22.7. The van der Waals surface area contributed by atoms with E-state index in [9.17, 15) is 18.0 Å². The van der Waals surface area contributed by atoms with Crippen molar-refractivity contribution in [3.63, 3.8) is 0 Å². The molecular formula is C23H29N3O4S2. The molecule has 9 heteroatoms. The molecule has 2 aliphatic rings. The zero-order valence-electron chi connectivity index (χ0n) is 18.2. The van der Waals surface area contributed by atoms with Gasteiger partial charge in [-0.15, -0.1) is 11.3 Å². The Morgan fingerprint density at radius 1 is 1.03 bits per heavy atom. The van der Waals surface area contributed by atoms with E-state index in [1.807, 2.05) is 11.4 Å². The highest BCUT2D eigenvalue weighted by molar-refractivity contribution is 7.89. The van der Waals surface area contributed by atoms with Gasteiger partial charge in [0.05, 0.1) is 15.7 Å². The first-order valence-electron chi connectivity index (χ1n) is 11.1. The maximum Gasteiger partial charge on any atom is 0.263 e. The number of carbonyl (C=O) groups excluding carboxylic acids is 2. The van der Waals surface area contributed by atoms with Gasteiger partial charge in [-0.2, -0.15) is 4.31 Å². The summed E-state index contributed by atoms with van der Waals surface area (Å²) in [6, 6.07) is 10.0. The van der Waals surface area contributed by atoms with Crippen molar-refractivity contribution in [1.29, 1.82) is 0 Å². The summed E-state index contributed by atoms with van der Waals surface area (Å²) in [4.78, 5) is 28.1. The average Bonchev–Trinajstić information content (AvgIpc) is 3.34. The SMILES string of the molecule is CC1CCCN(S(=O)(=O)c2ccc(NC(=O)C3CCCN(C(=O)c4cccs4)C3)cc2)C1. The Labute approximate surface area is 193 Å². The Morgan fingerprint density at radius 3 is 2.47 bits per heavy atom. The van der Waals surface area contributed by atoms with Crippen LogP contribution >= 0.6 is 11.3 Å². The van der Waals surface area contributed by atoms with Gasteiger partial charge in [0.15, 0.2) is 0 Å². The molecule has 0 saturated carbocycles. The molecule has 0 spiro atoms. The second-order valence-corrected chi connectivity index (χ2v) is 11.6. The van der Waals surface area contributed by atoms with Crippen LogP contribution in [0.3, 0.4) is 0 Å². The van der Waals surface area contributed by atoms with E-state index in [0.29, 0.717) is 42.7 Å². The second kappa shape index (κ2) is 9.72. The van der Waals surface area contributed by atoms with E-state index in [1.54, 1.807) is 39.5 Å². The van der Waals surface area contributed by atoms with Crippen molar-refractivity contribution in [3.05, 3.63) is 46.7 Å². The molecular weight excluding hydrogens is 446 g/mol. The molecule has 2 aliphatic heterocycles. The first kappa shape index (κ1) is 22.9. The molecule has 2 aromatic rings. The number of thiophene rings is 1. The molecule has 0 radical (unpaired) electrons. The summed E-state index contributed by atoms with van der Waals surface area (Å²) in [6.07, 6.45) is 3.43. The lowest BCUT2D eigenvalue weighted by Gasteiger charge is -2.31. The van der Waals surface area contributed by atoms with Gasteiger partial charge in [-0.1, -0.05) is 13.0 Å². The summed E-state index contributed by atoms with van der Waals surface area (Å²) in [7, 11) is -3.52. The maximum absolute atomic E-state index is 12.9. The Hall–Kier alpha value is -2.23. The molecule has 2 atom stereocenters. The summed E-state index contributed by atoms with van der Waals surface area (Å²) in [5.74, 6) is -0.0991. The normalized spacial score (nSPS) is 22.5. The number of nitrogens with one attached hydrogen (secondary N) is 1. The summed E-state index contributed by atoms with van der Waals surface area (Å²) in [5, 5.41) is 4.76. The van der Waals surface area contributed by atoms with Gasteiger partial charge >= 0.3 is 0 Å². The number of carbonyl (C=O) groups is 2. The zero-order valence-corrected chi connectivity index (χ0v) is 19.8. The smallest absolute Gasteiger partial charge is 0.263 e. The molecule has 2 fully saturated rings. The number of hydrogen-bond donors (Lipinski definition) is 1.